The van der Waals surface area contributed by atoms with E-state index in [1.165, 1.54) is 5.57 Å². The van der Waals surface area contributed by atoms with Gasteiger partial charge in [-0.1, -0.05) is 37.6 Å². The molecule has 1 saturated heterocycles. The van der Waals surface area contributed by atoms with E-state index in [2.05, 4.69) is 32.1 Å². The molecule has 7 atom stereocenters. The van der Waals surface area contributed by atoms with Crippen molar-refractivity contribution in [3.05, 3.63) is 34.9 Å². The van der Waals surface area contributed by atoms with Crippen LogP contribution in [-0.4, -0.2) is 58.7 Å². The van der Waals surface area contributed by atoms with Gasteiger partial charge in [0.25, 0.3) is 0 Å². The predicted octanol–water partition coefficient (Wildman–Crippen LogP) is 2.96. The monoisotopic (exact) mass is 371 g/mol. The smallest absolute Gasteiger partial charge is 0.105 e. The molecule has 0 amide bonds. The molecule has 4 nitrogen and oxygen atoms in total. The van der Waals surface area contributed by atoms with Gasteiger partial charge in [0.05, 0.1) is 17.3 Å². The van der Waals surface area contributed by atoms with Crippen LogP contribution in [0.4, 0.5) is 0 Å². The molecule has 0 aromatic carbocycles. The molecule has 2 fully saturated rings. The summed E-state index contributed by atoms with van der Waals surface area (Å²) in [4.78, 5) is 2.04. The van der Waals surface area contributed by atoms with Gasteiger partial charge < -0.3 is 19.8 Å². The Balaban J connectivity index is 1.61. The van der Waals surface area contributed by atoms with Gasteiger partial charge in [0.1, 0.15) is 6.10 Å². The molecule has 2 aliphatic heterocycles. The topological polar surface area (TPSA) is 52.9 Å². The van der Waals surface area contributed by atoms with Crippen molar-refractivity contribution in [2.24, 2.45) is 11.3 Å². The molecule has 2 N–H and O–H groups in total. The van der Waals surface area contributed by atoms with Crippen molar-refractivity contribution in [3.8, 4) is 0 Å². The number of hydrogen-bond donors (Lipinski definition) is 2. The van der Waals surface area contributed by atoms with Gasteiger partial charge in [-0.25, -0.2) is 0 Å². The minimum absolute atomic E-state index is 0.0827. The fourth-order valence-corrected chi connectivity index (χ4v) is 7.13. The summed E-state index contributed by atoms with van der Waals surface area (Å²) in [5, 5.41) is 21.7. The van der Waals surface area contributed by atoms with Crippen molar-refractivity contribution in [1.29, 1.82) is 0 Å². The Kier molecular flexibility index (Phi) is 3.73. The lowest BCUT2D eigenvalue weighted by Gasteiger charge is -2.55. The zero-order valence-corrected chi connectivity index (χ0v) is 17.0. The Labute approximate surface area is 162 Å². The Hall–Kier alpha value is -0.940. The summed E-state index contributed by atoms with van der Waals surface area (Å²) in [7, 11) is 3.97. The number of nitrogens with zero attached hydrogens (tertiary/aromatic N) is 1. The van der Waals surface area contributed by atoms with Gasteiger partial charge in [0.2, 0.25) is 0 Å². The number of allylic oxidation sites excluding steroid dienone is 3. The van der Waals surface area contributed by atoms with Crippen molar-refractivity contribution in [3.63, 3.8) is 0 Å². The fraction of sp³-hybridized carbons (Fsp3) is 0.739. The summed E-state index contributed by atoms with van der Waals surface area (Å²) < 4.78 is 7.08. The molecule has 2 heterocycles. The van der Waals surface area contributed by atoms with Crippen LogP contribution in [-0.2, 0) is 4.74 Å². The molecule has 4 heteroatoms. The second-order valence-corrected chi connectivity index (χ2v) is 9.91. The molecular formula is C23H33NO3. The Morgan fingerprint density at radius 2 is 2.00 bits per heavy atom. The van der Waals surface area contributed by atoms with Crippen LogP contribution in [0.1, 0.15) is 52.4 Å². The lowest BCUT2D eigenvalue weighted by molar-refractivity contribution is -0.163. The molecule has 0 radical (unpaired) electrons. The molecule has 148 valence electrons. The van der Waals surface area contributed by atoms with E-state index in [0.29, 0.717) is 5.92 Å². The highest BCUT2D eigenvalue weighted by Gasteiger charge is 2.67. The maximum Gasteiger partial charge on any atom is 0.105 e. The van der Waals surface area contributed by atoms with Crippen LogP contribution >= 0.6 is 0 Å². The van der Waals surface area contributed by atoms with Crippen LogP contribution in [0, 0.1) is 11.3 Å². The molecular weight excluding hydrogens is 338 g/mol. The lowest BCUT2D eigenvalue weighted by atomic mass is 9.58. The summed E-state index contributed by atoms with van der Waals surface area (Å²) in [5.74, 6) is 0.485. The molecule has 5 aliphatic rings. The highest BCUT2D eigenvalue weighted by atomic mass is 16.5. The first-order chi connectivity index (χ1) is 12.8. The van der Waals surface area contributed by atoms with E-state index in [4.69, 9.17) is 4.74 Å². The number of rotatable bonds is 2. The number of fused-ring (bicyclic) bond motifs is 1. The minimum Gasteiger partial charge on any atom is -0.388 e. The Morgan fingerprint density at radius 1 is 1.22 bits per heavy atom. The average molecular weight is 372 g/mol. The largest absolute Gasteiger partial charge is 0.388 e. The summed E-state index contributed by atoms with van der Waals surface area (Å²) in [5.41, 5.74) is 3.32. The summed E-state index contributed by atoms with van der Waals surface area (Å²) in [6.07, 6.45) is 11.4. The minimum atomic E-state index is -0.843. The van der Waals surface area contributed by atoms with Crippen molar-refractivity contribution in [2.45, 2.75) is 81.8 Å². The number of hydrogen-bond acceptors (Lipinski definition) is 4. The third kappa shape index (κ3) is 2.08. The van der Waals surface area contributed by atoms with Gasteiger partial charge in [-0.05, 0) is 69.2 Å². The van der Waals surface area contributed by atoms with Crippen LogP contribution in [0.2, 0.25) is 0 Å². The number of likely N-dealkylation sites (N-methyl/N-ethyl adjacent to an activating group) is 1. The van der Waals surface area contributed by atoms with Gasteiger partial charge in [-0.15, -0.1) is 0 Å². The van der Waals surface area contributed by atoms with E-state index in [0.717, 1.165) is 44.1 Å². The molecule has 0 aromatic heterocycles. The fourth-order valence-electron chi connectivity index (χ4n) is 7.13. The van der Waals surface area contributed by atoms with Gasteiger partial charge in [0.15, 0.2) is 0 Å². The van der Waals surface area contributed by atoms with Crippen molar-refractivity contribution in [2.75, 3.05) is 14.1 Å². The van der Waals surface area contributed by atoms with Crippen LogP contribution < -0.4 is 0 Å². The van der Waals surface area contributed by atoms with E-state index in [-0.39, 0.29) is 17.1 Å². The van der Waals surface area contributed by atoms with E-state index in [1.54, 1.807) is 5.57 Å². The maximum absolute atomic E-state index is 11.0. The SMILES string of the molecule is CCC1=CCC2C1(C)CC=C1C=C3C(O)C(O)C(N(C)C)CC34CCC12O4. The molecule has 0 aromatic rings. The quantitative estimate of drug-likeness (QED) is 0.733. The van der Waals surface area contributed by atoms with E-state index in [1.807, 2.05) is 19.0 Å². The number of ether oxygens (including phenoxy) is 1. The molecule has 5 rings (SSSR count). The third-order valence-electron chi connectivity index (χ3n) is 8.63. The molecule has 1 saturated carbocycles. The third-order valence-corrected chi connectivity index (χ3v) is 8.63. The van der Waals surface area contributed by atoms with Crippen LogP contribution in [0.3, 0.4) is 0 Å². The van der Waals surface area contributed by atoms with Crippen LogP contribution in [0.15, 0.2) is 34.9 Å². The maximum atomic E-state index is 11.0. The highest BCUT2D eigenvalue weighted by Crippen LogP contribution is 2.66. The Bertz CT molecular complexity index is 768. The summed E-state index contributed by atoms with van der Waals surface area (Å²) in [6, 6.07) is -0.0827. The lowest BCUT2D eigenvalue weighted by Crippen LogP contribution is -2.61. The first-order valence-electron chi connectivity index (χ1n) is 10.6. The van der Waals surface area contributed by atoms with Gasteiger partial charge in [-0.3, -0.25) is 0 Å². The first-order valence-corrected chi connectivity index (χ1v) is 10.6. The first kappa shape index (κ1) is 18.1. The van der Waals surface area contributed by atoms with Crippen molar-refractivity contribution in [1.82, 2.24) is 4.90 Å². The average Bonchev–Trinajstić information content (AvgIpc) is 3.14. The predicted molar refractivity (Wildman–Crippen MR) is 105 cm³/mol. The second kappa shape index (κ2) is 5.56. The molecule has 2 spiro atoms. The van der Waals surface area contributed by atoms with Gasteiger partial charge >= 0.3 is 0 Å². The zero-order valence-electron chi connectivity index (χ0n) is 17.0. The van der Waals surface area contributed by atoms with Crippen LogP contribution in [0.5, 0.6) is 0 Å². The van der Waals surface area contributed by atoms with E-state index < -0.39 is 17.8 Å². The van der Waals surface area contributed by atoms with E-state index >= 15 is 0 Å². The number of aliphatic hydroxyl groups is 2. The van der Waals surface area contributed by atoms with Crippen molar-refractivity contribution < 1.29 is 14.9 Å². The van der Waals surface area contributed by atoms with Gasteiger partial charge in [0, 0.05) is 12.0 Å². The normalized spacial score (nSPS) is 50.6. The molecule has 7 unspecified atom stereocenters. The van der Waals surface area contributed by atoms with E-state index in [9.17, 15) is 10.2 Å². The van der Waals surface area contributed by atoms with Crippen LogP contribution in [0.25, 0.3) is 0 Å². The second-order valence-electron chi connectivity index (χ2n) is 9.91. The zero-order chi connectivity index (χ0) is 19.2. The highest BCUT2D eigenvalue weighted by molar-refractivity contribution is 5.50. The molecule has 27 heavy (non-hydrogen) atoms. The van der Waals surface area contributed by atoms with Crippen molar-refractivity contribution >= 4 is 0 Å². The Morgan fingerprint density at radius 3 is 2.70 bits per heavy atom. The van der Waals surface area contributed by atoms with Gasteiger partial charge in [-0.2, -0.15) is 0 Å². The summed E-state index contributed by atoms with van der Waals surface area (Å²) >= 11 is 0. The standard InChI is InChI=1S/C23H33NO3/c1-5-14-6-7-18-21(14,2)9-8-15-12-16-19(25)20(26)17(24(3)4)13-22(16)10-11-23(15,18)27-22/h6,8,12,17-20,25-26H,5,7,9-11,13H2,1-4H3. The summed E-state index contributed by atoms with van der Waals surface area (Å²) in [6.45, 7) is 4.70. The number of aliphatic hydroxyl groups excluding tert-OH is 2. The molecule has 3 aliphatic carbocycles. The molecule has 2 bridgehead atoms.